The molecule has 1 heterocycles. The van der Waals surface area contributed by atoms with Crippen LogP contribution in [-0.4, -0.2) is 34.3 Å². The minimum absolute atomic E-state index is 0.0231. The van der Waals surface area contributed by atoms with E-state index < -0.39 is 0 Å². The molecule has 6 nitrogen and oxygen atoms in total. The molecule has 132 valence electrons. The molecular weight excluding hydrogens is 356 g/mol. The predicted octanol–water partition coefficient (Wildman–Crippen LogP) is 3.20. The van der Waals surface area contributed by atoms with Crippen LogP contribution in [0.4, 0.5) is 5.13 Å². The number of thioether (sulfide) groups is 1. The number of anilines is 1. The van der Waals surface area contributed by atoms with Crippen molar-refractivity contribution in [2.45, 2.75) is 24.1 Å². The van der Waals surface area contributed by atoms with Crippen LogP contribution in [0.5, 0.6) is 0 Å². The van der Waals surface area contributed by atoms with Crippen LogP contribution in [-0.2, 0) is 9.59 Å². The van der Waals surface area contributed by atoms with E-state index in [-0.39, 0.29) is 11.8 Å². The Bertz CT molecular complexity index is 716. The maximum absolute atomic E-state index is 11.9. The number of carbonyl (C=O) groups excluding carboxylic acids is 2. The molecule has 2 aromatic rings. The molecule has 2 N–H and O–H groups in total. The van der Waals surface area contributed by atoms with E-state index in [0.717, 1.165) is 18.4 Å². The topological polar surface area (TPSA) is 84.0 Å². The number of hydrogen-bond donors (Lipinski definition) is 2. The van der Waals surface area contributed by atoms with Gasteiger partial charge in [-0.05, 0) is 18.1 Å². The summed E-state index contributed by atoms with van der Waals surface area (Å²) in [7, 11) is 0. The quantitative estimate of drug-likeness (QED) is 0.304. The summed E-state index contributed by atoms with van der Waals surface area (Å²) in [4.78, 5) is 23.5. The lowest BCUT2D eigenvalue weighted by Gasteiger charge is -2.01. The number of hydrogen-bond acceptors (Lipinski definition) is 6. The Hall–Kier alpha value is -2.19. The molecule has 0 unspecified atom stereocenters. The van der Waals surface area contributed by atoms with Gasteiger partial charge in [0.25, 0.3) is 0 Å². The summed E-state index contributed by atoms with van der Waals surface area (Å²) < 4.78 is 0.646. The average molecular weight is 377 g/mol. The third-order valence-corrected chi connectivity index (χ3v) is 5.01. The highest BCUT2D eigenvalue weighted by Gasteiger charge is 2.09. The van der Waals surface area contributed by atoms with E-state index in [1.807, 2.05) is 30.3 Å². The molecule has 0 radical (unpaired) electrons. The van der Waals surface area contributed by atoms with Crippen LogP contribution < -0.4 is 10.6 Å². The first-order valence-corrected chi connectivity index (χ1v) is 9.74. The van der Waals surface area contributed by atoms with Gasteiger partial charge in [0.1, 0.15) is 0 Å². The van der Waals surface area contributed by atoms with Gasteiger partial charge in [-0.15, -0.1) is 10.2 Å². The second-order valence-corrected chi connectivity index (χ2v) is 7.30. The molecule has 0 aliphatic rings. The highest BCUT2D eigenvalue weighted by molar-refractivity contribution is 8.01. The van der Waals surface area contributed by atoms with Crippen LogP contribution in [0, 0.1) is 0 Å². The molecular formula is C17H20N4O2S2. The van der Waals surface area contributed by atoms with Gasteiger partial charge < -0.3 is 5.32 Å². The molecule has 1 aromatic carbocycles. The van der Waals surface area contributed by atoms with E-state index in [9.17, 15) is 9.59 Å². The van der Waals surface area contributed by atoms with Crippen LogP contribution >= 0.6 is 23.1 Å². The van der Waals surface area contributed by atoms with E-state index in [2.05, 4.69) is 27.8 Å². The summed E-state index contributed by atoms with van der Waals surface area (Å²) >= 11 is 2.56. The van der Waals surface area contributed by atoms with Crippen LogP contribution in [0.2, 0.25) is 0 Å². The summed E-state index contributed by atoms with van der Waals surface area (Å²) in [6, 6.07) is 9.56. The van der Waals surface area contributed by atoms with Gasteiger partial charge in [-0.25, -0.2) is 0 Å². The van der Waals surface area contributed by atoms with Crippen molar-refractivity contribution in [1.29, 1.82) is 0 Å². The number of benzene rings is 1. The highest BCUT2D eigenvalue weighted by Crippen LogP contribution is 2.25. The third-order valence-electron chi connectivity index (χ3n) is 3.04. The predicted molar refractivity (Wildman–Crippen MR) is 103 cm³/mol. The molecule has 0 saturated carbocycles. The molecule has 0 saturated heterocycles. The van der Waals surface area contributed by atoms with Gasteiger partial charge in [-0.2, -0.15) is 0 Å². The van der Waals surface area contributed by atoms with E-state index in [1.54, 1.807) is 6.08 Å². The molecule has 0 aliphatic carbocycles. The zero-order valence-corrected chi connectivity index (χ0v) is 15.5. The molecule has 0 bridgehead atoms. The molecule has 0 aliphatic heterocycles. The first-order valence-electron chi connectivity index (χ1n) is 7.94. The molecule has 0 fully saturated rings. The number of unbranched alkanes of at least 4 members (excludes halogenated alkanes) is 1. The van der Waals surface area contributed by atoms with Crippen molar-refractivity contribution >= 4 is 46.1 Å². The minimum Gasteiger partial charge on any atom is -0.355 e. The van der Waals surface area contributed by atoms with Gasteiger partial charge in [0.2, 0.25) is 16.9 Å². The molecule has 2 amide bonds. The van der Waals surface area contributed by atoms with E-state index >= 15 is 0 Å². The van der Waals surface area contributed by atoms with Crippen molar-refractivity contribution in [3.05, 3.63) is 42.0 Å². The standard InChI is InChI=1S/C17H20N4O2S2/c1-2-3-11-18-15(23)12-24-17-21-20-16(25-17)19-14(22)10-9-13-7-5-4-6-8-13/h4-10H,2-3,11-12H2,1H3,(H,18,23)(H,19,20,22). The van der Waals surface area contributed by atoms with Gasteiger partial charge in [0.15, 0.2) is 4.34 Å². The Morgan fingerprint density at radius 3 is 2.80 bits per heavy atom. The second-order valence-electron chi connectivity index (χ2n) is 5.10. The van der Waals surface area contributed by atoms with Crippen LogP contribution in [0.25, 0.3) is 6.08 Å². The fraction of sp³-hybridized carbons (Fsp3) is 0.294. The summed E-state index contributed by atoms with van der Waals surface area (Å²) in [5.74, 6) is -0.000824. The lowest BCUT2D eigenvalue weighted by molar-refractivity contribution is -0.118. The molecule has 0 atom stereocenters. The molecule has 0 spiro atoms. The van der Waals surface area contributed by atoms with Crippen molar-refractivity contribution in [1.82, 2.24) is 15.5 Å². The number of nitrogens with zero attached hydrogens (tertiary/aromatic N) is 2. The van der Waals surface area contributed by atoms with E-state index in [1.165, 1.54) is 29.2 Å². The van der Waals surface area contributed by atoms with Gasteiger partial charge in [-0.3, -0.25) is 14.9 Å². The Kier molecular flexibility index (Phi) is 8.14. The maximum atomic E-state index is 11.9. The Morgan fingerprint density at radius 1 is 1.24 bits per heavy atom. The Balaban J connectivity index is 1.76. The SMILES string of the molecule is CCCCNC(=O)CSc1nnc(NC(=O)C=Cc2ccccc2)s1. The minimum atomic E-state index is -0.270. The zero-order chi connectivity index (χ0) is 17.9. The first-order chi connectivity index (χ1) is 12.2. The number of nitrogens with one attached hydrogen (secondary N) is 2. The van der Waals surface area contributed by atoms with Gasteiger partial charge >= 0.3 is 0 Å². The van der Waals surface area contributed by atoms with Gasteiger partial charge in [0.05, 0.1) is 5.75 Å². The molecule has 1 aromatic heterocycles. The fourth-order valence-corrected chi connectivity index (χ4v) is 3.37. The Morgan fingerprint density at radius 2 is 2.04 bits per heavy atom. The lowest BCUT2D eigenvalue weighted by Crippen LogP contribution is -2.25. The summed E-state index contributed by atoms with van der Waals surface area (Å²) in [5.41, 5.74) is 0.945. The zero-order valence-electron chi connectivity index (χ0n) is 13.9. The maximum Gasteiger partial charge on any atom is 0.250 e. The smallest absolute Gasteiger partial charge is 0.250 e. The third kappa shape index (κ3) is 7.49. The van der Waals surface area contributed by atoms with Gasteiger partial charge in [-0.1, -0.05) is 66.8 Å². The van der Waals surface area contributed by atoms with Crippen molar-refractivity contribution in [2.24, 2.45) is 0 Å². The number of amides is 2. The lowest BCUT2D eigenvalue weighted by atomic mass is 10.2. The van der Waals surface area contributed by atoms with Crippen molar-refractivity contribution in [3.8, 4) is 0 Å². The number of rotatable bonds is 9. The summed E-state index contributed by atoms with van der Waals surface area (Å²) in [5, 5.41) is 13.8. The van der Waals surface area contributed by atoms with Crippen molar-refractivity contribution in [3.63, 3.8) is 0 Å². The van der Waals surface area contributed by atoms with Crippen LogP contribution in [0.3, 0.4) is 0 Å². The van der Waals surface area contributed by atoms with Crippen LogP contribution in [0.15, 0.2) is 40.7 Å². The van der Waals surface area contributed by atoms with E-state index in [0.29, 0.717) is 21.8 Å². The average Bonchev–Trinajstić information content (AvgIpc) is 3.07. The van der Waals surface area contributed by atoms with E-state index in [4.69, 9.17) is 0 Å². The second kappa shape index (κ2) is 10.6. The molecule has 8 heteroatoms. The summed E-state index contributed by atoms with van der Waals surface area (Å²) in [6.45, 7) is 2.77. The monoisotopic (exact) mass is 376 g/mol. The van der Waals surface area contributed by atoms with Crippen molar-refractivity contribution in [2.75, 3.05) is 17.6 Å². The normalized spacial score (nSPS) is 10.8. The van der Waals surface area contributed by atoms with Crippen molar-refractivity contribution < 1.29 is 9.59 Å². The number of aromatic nitrogens is 2. The molecule has 25 heavy (non-hydrogen) atoms. The summed E-state index contributed by atoms with van der Waals surface area (Å²) in [6.07, 6.45) is 5.20. The van der Waals surface area contributed by atoms with Crippen LogP contribution in [0.1, 0.15) is 25.3 Å². The number of carbonyl (C=O) groups is 2. The molecule has 2 rings (SSSR count). The highest BCUT2D eigenvalue weighted by atomic mass is 32.2. The largest absolute Gasteiger partial charge is 0.355 e. The first kappa shape index (κ1) is 19.1. The Labute approximate surface area is 155 Å². The fourth-order valence-electron chi connectivity index (χ4n) is 1.78. The van der Waals surface area contributed by atoms with Gasteiger partial charge in [0, 0.05) is 12.6 Å².